The summed E-state index contributed by atoms with van der Waals surface area (Å²) in [5.41, 5.74) is 0. The highest BCUT2D eigenvalue weighted by Gasteiger charge is 2.31. The van der Waals surface area contributed by atoms with Crippen molar-refractivity contribution in [3.8, 4) is 5.75 Å². The first-order valence-corrected chi connectivity index (χ1v) is 11.4. The number of benzene rings is 1. The lowest BCUT2D eigenvalue weighted by Crippen LogP contribution is -2.54. The monoisotopic (exact) mass is 423 g/mol. The summed E-state index contributed by atoms with van der Waals surface area (Å²) in [7, 11) is -2.00. The van der Waals surface area contributed by atoms with E-state index in [2.05, 4.69) is 5.32 Å². The highest BCUT2D eigenvalue weighted by Crippen LogP contribution is 2.21. The Morgan fingerprint density at radius 3 is 2.43 bits per heavy atom. The minimum absolute atomic E-state index is 0.0418. The molecule has 1 atom stereocenters. The molecule has 2 heterocycles. The maximum Gasteiger partial charge on any atom is 0.243 e. The summed E-state index contributed by atoms with van der Waals surface area (Å²) in [5, 5.41) is 4.93. The maximum absolute atomic E-state index is 12.8. The van der Waals surface area contributed by atoms with Gasteiger partial charge in [0.05, 0.1) is 24.6 Å². The van der Waals surface area contributed by atoms with Crippen molar-refractivity contribution in [2.45, 2.75) is 24.4 Å². The Labute approximate surface area is 170 Å². The van der Waals surface area contributed by atoms with Crippen LogP contribution in [0.15, 0.2) is 46.7 Å². The molecule has 7 nitrogen and oxygen atoms in total. The number of carbonyl (C=O) groups is 1. The van der Waals surface area contributed by atoms with Gasteiger partial charge in [-0.2, -0.15) is 4.31 Å². The van der Waals surface area contributed by atoms with E-state index in [0.717, 1.165) is 4.88 Å². The molecule has 0 saturated carbocycles. The van der Waals surface area contributed by atoms with Gasteiger partial charge in [0.25, 0.3) is 0 Å². The predicted octanol–water partition coefficient (Wildman–Crippen LogP) is 1.77. The SMILES string of the molecule is COc1ccc(S(=O)(=O)N2CCN([C@@H](C)C(=O)NCc3cccs3)CC2)cc1. The van der Waals surface area contributed by atoms with Gasteiger partial charge < -0.3 is 10.1 Å². The van der Waals surface area contributed by atoms with Crippen molar-refractivity contribution in [2.75, 3.05) is 33.3 Å². The summed E-state index contributed by atoms with van der Waals surface area (Å²) in [4.78, 5) is 15.8. The molecule has 1 aromatic carbocycles. The zero-order valence-corrected chi connectivity index (χ0v) is 17.6. The maximum atomic E-state index is 12.8. The van der Waals surface area contributed by atoms with Gasteiger partial charge in [-0.1, -0.05) is 6.07 Å². The molecular weight excluding hydrogens is 398 g/mol. The lowest BCUT2D eigenvalue weighted by Gasteiger charge is -2.36. The van der Waals surface area contributed by atoms with Crippen molar-refractivity contribution in [1.82, 2.24) is 14.5 Å². The smallest absolute Gasteiger partial charge is 0.243 e. The molecule has 1 aliphatic heterocycles. The van der Waals surface area contributed by atoms with Gasteiger partial charge in [0.1, 0.15) is 5.75 Å². The van der Waals surface area contributed by atoms with Gasteiger partial charge in [-0.25, -0.2) is 8.42 Å². The largest absolute Gasteiger partial charge is 0.497 e. The normalized spacial score (nSPS) is 17.2. The predicted molar refractivity (Wildman–Crippen MR) is 109 cm³/mol. The number of nitrogens with one attached hydrogen (secondary N) is 1. The van der Waals surface area contributed by atoms with Crippen LogP contribution in [0.25, 0.3) is 0 Å². The third-order valence-electron chi connectivity index (χ3n) is 4.91. The molecule has 3 rings (SSSR count). The van der Waals surface area contributed by atoms with Gasteiger partial charge >= 0.3 is 0 Å². The van der Waals surface area contributed by atoms with Crippen LogP contribution in [0, 0.1) is 0 Å². The summed E-state index contributed by atoms with van der Waals surface area (Å²) < 4.78 is 32.2. The lowest BCUT2D eigenvalue weighted by molar-refractivity contribution is -0.126. The van der Waals surface area contributed by atoms with E-state index in [9.17, 15) is 13.2 Å². The topological polar surface area (TPSA) is 79.0 Å². The average Bonchev–Trinajstić information content (AvgIpc) is 3.25. The van der Waals surface area contributed by atoms with Crippen LogP contribution in [-0.4, -0.2) is 62.9 Å². The molecule has 2 aromatic rings. The zero-order chi connectivity index (χ0) is 20.1. The third kappa shape index (κ3) is 4.72. The van der Waals surface area contributed by atoms with Crippen LogP contribution < -0.4 is 10.1 Å². The number of sulfonamides is 1. The van der Waals surface area contributed by atoms with Gasteiger partial charge in [-0.3, -0.25) is 9.69 Å². The standard InChI is InChI=1S/C19H25N3O4S2/c1-15(19(23)20-14-17-4-3-13-27-17)21-9-11-22(12-10-21)28(24,25)18-7-5-16(26-2)6-8-18/h3-8,13,15H,9-12,14H2,1-2H3,(H,20,23)/t15-/m0/s1. The molecule has 0 spiro atoms. The van der Waals surface area contributed by atoms with Crippen LogP contribution in [0.1, 0.15) is 11.8 Å². The van der Waals surface area contributed by atoms with E-state index in [-0.39, 0.29) is 16.8 Å². The summed E-state index contributed by atoms with van der Waals surface area (Å²) in [5.74, 6) is 0.575. The second-order valence-corrected chi connectivity index (χ2v) is 9.56. The first-order chi connectivity index (χ1) is 13.4. The molecule has 9 heteroatoms. The number of hydrogen-bond donors (Lipinski definition) is 1. The highest BCUT2D eigenvalue weighted by atomic mass is 32.2. The molecule has 0 radical (unpaired) electrons. The average molecular weight is 424 g/mol. The molecule has 1 N–H and O–H groups in total. The number of hydrogen-bond acceptors (Lipinski definition) is 6. The fourth-order valence-corrected chi connectivity index (χ4v) is 5.20. The van der Waals surface area contributed by atoms with E-state index in [1.807, 2.05) is 29.3 Å². The van der Waals surface area contributed by atoms with Gasteiger partial charge in [0.2, 0.25) is 15.9 Å². The molecule has 0 bridgehead atoms. The number of carbonyl (C=O) groups excluding carboxylic acids is 1. The van der Waals surface area contributed by atoms with Crippen LogP contribution in [0.3, 0.4) is 0 Å². The fraction of sp³-hybridized carbons (Fsp3) is 0.421. The summed E-state index contributed by atoms with van der Waals surface area (Å²) in [6, 6.07) is 10.0. The van der Waals surface area contributed by atoms with Crippen LogP contribution in [0.4, 0.5) is 0 Å². The number of thiophene rings is 1. The van der Waals surface area contributed by atoms with Crippen molar-refractivity contribution >= 4 is 27.3 Å². The molecule has 0 aliphatic carbocycles. The first-order valence-electron chi connectivity index (χ1n) is 9.10. The number of nitrogens with zero attached hydrogens (tertiary/aromatic N) is 2. The quantitative estimate of drug-likeness (QED) is 0.734. The number of amides is 1. The van der Waals surface area contributed by atoms with Crippen LogP contribution in [-0.2, 0) is 21.4 Å². The van der Waals surface area contributed by atoms with Crippen LogP contribution >= 0.6 is 11.3 Å². The van der Waals surface area contributed by atoms with Crippen LogP contribution in [0.5, 0.6) is 5.75 Å². The molecular formula is C19H25N3O4S2. The number of methoxy groups -OCH3 is 1. The minimum Gasteiger partial charge on any atom is -0.497 e. The molecule has 1 amide bonds. The van der Waals surface area contributed by atoms with E-state index in [1.54, 1.807) is 42.7 Å². The van der Waals surface area contributed by atoms with E-state index in [1.165, 1.54) is 4.31 Å². The van der Waals surface area contributed by atoms with Crippen LogP contribution in [0.2, 0.25) is 0 Å². The van der Waals surface area contributed by atoms with Gasteiger partial charge in [0.15, 0.2) is 0 Å². The van der Waals surface area contributed by atoms with Crippen molar-refractivity contribution in [3.05, 3.63) is 46.7 Å². The zero-order valence-electron chi connectivity index (χ0n) is 16.0. The minimum atomic E-state index is -3.54. The first kappa shape index (κ1) is 20.8. The molecule has 152 valence electrons. The molecule has 1 aliphatic rings. The van der Waals surface area contributed by atoms with Gasteiger partial charge in [-0.15, -0.1) is 11.3 Å². The highest BCUT2D eigenvalue weighted by molar-refractivity contribution is 7.89. The molecule has 0 unspecified atom stereocenters. The Kier molecular flexibility index (Phi) is 6.71. The second-order valence-electron chi connectivity index (χ2n) is 6.59. The molecule has 28 heavy (non-hydrogen) atoms. The lowest BCUT2D eigenvalue weighted by atomic mass is 10.2. The Bertz CT molecular complexity index is 874. The Morgan fingerprint density at radius 1 is 1.18 bits per heavy atom. The Morgan fingerprint density at radius 2 is 1.86 bits per heavy atom. The van der Waals surface area contributed by atoms with E-state index in [0.29, 0.717) is 38.5 Å². The number of rotatable bonds is 7. The Balaban J connectivity index is 1.54. The van der Waals surface area contributed by atoms with Gasteiger partial charge in [-0.05, 0) is 42.6 Å². The summed E-state index contributed by atoms with van der Waals surface area (Å²) in [6.45, 7) is 4.13. The van der Waals surface area contributed by atoms with Crippen molar-refractivity contribution in [1.29, 1.82) is 0 Å². The second kappa shape index (κ2) is 9.04. The van der Waals surface area contributed by atoms with E-state index in [4.69, 9.17) is 4.74 Å². The molecule has 1 aromatic heterocycles. The van der Waals surface area contributed by atoms with Gasteiger partial charge in [0, 0.05) is 31.1 Å². The number of ether oxygens (including phenoxy) is 1. The fourth-order valence-electron chi connectivity index (χ4n) is 3.13. The summed E-state index contributed by atoms with van der Waals surface area (Å²) in [6.07, 6.45) is 0. The molecule has 1 saturated heterocycles. The summed E-state index contributed by atoms with van der Waals surface area (Å²) >= 11 is 1.61. The van der Waals surface area contributed by atoms with E-state index < -0.39 is 10.0 Å². The Hall–Kier alpha value is -1.94. The molecule has 1 fully saturated rings. The van der Waals surface area contributed by atoms with Crippen molar-refractivity contribution < 1.29 is 17.9 Å². The van der Waals surface area contributed by atoms with Crippen molar-refractivity contribution in [2.24, 2.45) is 0 Å². The third-order valence-corrected chi connectivity index (χ3v) is 7.70. The number of piperazine rings is 1. The van der Waals surface area contributed by atoms with Crippen molar-refractivity contribution in [3.63, 3.8) is 0 Å². The van der Waals surface area contributed by atoms with E-state index >= 15 is 0 Å².